The maximum absolute atomic E-state index is 10.9. The Morgan fingerprint density at radius 3 is 2.53 bits per heavy atom. The van der Waals surface area contributed by atoms with Crippen molar-refractivity contribution < 1.29 is 86.7 Å². The molecular formula is C6H4AgKN3O3S. The average Bonchev–Trinajstić information content (AvgIpc) is 2.46. The molecule has 0 bridgehead atoms. The molecule has 1 unspecified atom stereocenters. The van der Waals surface area contributed by atoms with Crippen molar-refractivity contribution in [2.24, 2.45) is 15.4 Å². The van der Waals surface area contributed by atoms with Crippen LogP contribution in [0.5, 0.6) is 0 Å². The quantitative estimate of drug-likeness (QED) is 0.379. The molecule has 15 heavy (non-hydrogen) atoms. The molecule has 6 nitrogen and oxygen atoms in total. The molecule has 0 aromatic rings. The van der Waals surface area contributed by atoms with Crippen LogP contribution in [-0.2, 0) is 32.5 Å². The molecule has 0 aromatic carbocycles. The summed E-state index contributed by atoms with van der Waals surface area (Å²) in [5.74, 6) is 0. The minimum Gasteiger partial charge on any atom is -0.745 e. The van der Waals surface area contributed by atoms with Crippen LogP contribution in [0.3, 0.4) is 0 Å². The van der Waals surface area contributed by atoms with Crippen LogP contribution in [-0.4, -0.2) is 23.6 Å². The van der Waals surface area contributed by atoms with Gasteiger partial charge < -0.3 is 4.55 Å². The van der Waals surface area contributed by atoms with E-state index < -0.39 is 15.0 Å². The standard InChI is InChI=1S/C6H5N3O3S.Ag.K/c10-13(11,12)6-4-2-1-3-5(6)7-9-8-6;;/h1-4H,(H,10,11,12);;/q;;+1/p-1. The zero-order valence-electron chi connectivity index (χ0n) is 7.59. The van der Waals surface area contributed by atoms with E-state index in [1.54, 1.807) is 6.08 Å². The van der Waals surface area contributed by atoms with Gasteiger partial charge in [-0.05, 0) is 17.4 Å². The number of allylic oxidation sites excluding steroid dienone is 2. The van der Waals surface area contributed by atoms with Gasteiger partial charge in [0.05, 0.1) is 0 Å². The Hall–Kier alpha value is 1.04. The third-order valence-electron chi connectivity index (χ3n) is 1.78. The number of fused-ring (bicyclic) bond motifs is 1. The minimum absolute atomic E-state index is 0. The molecule has 0 amide bonds. The van der Waals surface area contributed by atoms with E-state index in [1.807, 2.05) is 0 Å². The van der Waals surface area contributed by atoms with Gasteiger partial charge in [0.15, 0.2) is 0 Å². The van der Waals surface area contributed by atoms with Crippen molar-refractivity contribution in [1.82, 2.24) is 0 Å². The van der Waals surface area contributed by atoms with Crippen LogP contribution in [0.2, 0.25) is 0 Å². The zero-order valence-corrected chi connectivity index (χ0v) is 13.0. The second-order valence-corrected chi connectivity index (χ2v) is 4.07. The topological polar surface area (TPSA) is 94.3 Å². The third kappa shape index (κ3) is 2.65. The Morgan fingerprint density at radius 2 is 2.00 bits per heavy atom. The fourth-order valence-corrected chi connectivity index (χ4v) is 1.87. The van der Waals surface area contributed by atoms with E-state index in [0.29, 0.717) is 0 Å². The van der Waals surface area contributed by atoms with Gasteiger partial charge in [0, 0.05) is 22.4 Å². The Labute approximate surface area is 145 Å². The predicted molar refractivity (Wildman–Crippen MR) is 43.0 cm³/mol. The van der Waals surface area contributed by atoms with Crippen LogP contribution in [0.15, 0.2) is 39.7 Å². The summed E-state index contributed by atoms with van der Waals surface area (Å²) in [7, 11) is -4.60. The number of hydrogen-bond donors (Lipinski definition) is 0. The molecule has 0 spiro atoms. The first kappa shape index (κ1) is 16.0. The Morgan fingerprint density at radius 1 is 1.33 bits per heavy atom. The van der Waals surface area contributed by atoms with Gasteiger partial charge >= 0.3 is 51.4 Å². The molecule has 0 saturated carbocycles. The molecule has 1 radical (unpaired) electrons. The van der Waals surface area contributed by atoms with E-state index in [0.717, 1.165) is 0 Å². The second-order valence-electron chi connectivity index (χ2n) is 2.54. The summed E-state index contributed by atoms with van der Waals surface area (Å²) in [5, 5.41) is 10.00. The second kappa shape index (κ2) is 5.58. The number of hydrogen-bond acceptors (Lipinski definition) is 6. The van der Waals surface area contributed by atoms with Gasteiger partial charge in [-0.15, -0.1) is 10.2 Å². The molecule has 1 atom stereocenters. The first-order valence-electron chi connectivity index (χ1n) is 3.38. The van der Waals surface area contributed by atoms with Crippen LogP contribution in [0.4, 0.5) is 0 Å². The van der Waals surface area contributed by atoms with E-state index in [-0.39, 0.29) is 79.5 Å². The molecule has 1 aliphatic carbocycles. The fourth-order valence-electron chi connectivity index (χ4n) is 1.13. The molecule has 1 heterocycles. The Bertz CT molecular complexity index is 470. The maximum atomic E-state index is 10.9. The molecule has 0 N–H and O–H groups in total. The summed E-state index contributed by atoms with van der Waals surface area (Å²) in [6, 6.07) is 0. The predicted octanol–water partition coefficient (Wildman–Crippen LogP) is -2.82. The van der Waals surface area contributed by atoms with Crippen molar-refractivity contribution in [1.29, 1.82) is 0 Å². The van der Waals surface area contributed by atoms with Gasteiger partial charge in [-0.25, -0.2) is 8.42 Å². The largest absolute Gasteiger partial charge is 1.00 e. The molecule has 0 fully saturated rings. The van der Waals surface area contributed by atoms with Crippen molar-refractivity contribution in [3.05, 3.63) is 24.3 Å². The normalized spacial score (nSPS) is 26.3. The average molecular weight is 345 g/mol. The Balaban J connectivity index is 0.000000980. The molecule has 2 aliphatic rings. The van der Waals surface area contributed by atoms with Gasteiger partial charge in [-0.2, -0.15) is 0 Å². The first-order valence-corrected chi connectivity index (χ1v) is 4.79. The molecule has 9 heteroatoms. The first-order chi connectivity index (χ1) is 6.06. The SMILES string of the molecule is O=S(=O)([O-])C12C=CC=CC1=NN=N2.[Ag].[K+]. The molecule has 79 valence electrons. The van der Waals surface area contributed by atoms with E-state index in [4.69, 9.17) is 0 Å². The summed E-state index contributed by atoms with van der Waals surface area (Å²) in [6.45, 7) is 0. The van der Waals surface area contributed by atoms with Crippen molar-refractivity contribution in [2.45, 2.75) is 4.87 Å². The summed E-state index contributed by atoms with van der Waals surface area (Å²) in [6.07, 6.45) is 5.57. The van der Waals surface area contributed by atoms with Gasteiger partial charge in [-0.3, -0.25) is 0 Å². The van der Waals surface area contributed by atoms with Gasteiger partial charge in [0.2, 0.25) is 4.87 Å². The van der Waals surface area contributed by atoms with Crippen LogP contribution >= 0.6 is 0 Å². The van der Waals surface area contributed by atoms with E-state index >= 15 is 0 Å². The zero-order chi connectivity index (χ0) is 9.53. The third-order valence-corrected chi connectivity index (χ3v) is 2.97. The van der Waals surface area contributed by atoms with Crippen LogP contribution in [0.1, 0.15) is 0 Å². The van der Waals surface area contributed by atoms with Crippen LogP contribution < -0.4 is 51.4 Å². The summed E-state index contributed by atoms with van der Waals surface area (Å²) in [5.41, 5.74) is 0.0463. The van der Waals surface area contributed by atoms with E-state index in [1.165, 1.54) is 18.2 Å². The van der Waals surface area contributed by atoms with Crippen molar-refractivity contribution in [3.63, 3.8) is 0 Å². The molecular weight excluding hydrogens is 341 g/mol. The van der Waals surface area contributed by atoms with E-state index in [9.17, 15) is 13.0 Å². The minimum atomic E-state index is -4.60. The van der Waals surface area contributed by atoms with Gasteiger partial charge in [-0.1, -0.05) is 12.2 Å². The molecule has 0 aromatic heterocycles. The summed E-state index contributed by atoms with van der Waals surface area (Å²) in [4.78, 5) is -1.91. The fraction of sp³-hybridized carbons (Fsp3) is 0.167. The van der Waals surface area contributed by atoms with E-state index in [2.05, 4.69) is 15.4 Å². The van der Waals surface area contributed by atoms with Crippen molar-refractivity contribution in [3.8, 4) is 0 Å². The molecule has 1 aliphatic heterocycles. The summed E-state index contributed by atoms with van der Waals surface area (Å²) < 4.78 is 32.7. The number of nitrogens with zero attached hydrogens (tertiary/aromatic N) is 3. The van der Waals surface area contributed by atoms with Crippen LogP contribution in [0, 0.1) is 0 Å². The molecule has 0 saturated heterocycles. The Kier molecular flexibility index (Phi) is 5.97. The van der Waals surface area contributed by atoms with Gasteiger partial charge in [0.1, 0.15) is 15.8 Å². The maximum Gasteiger partial charge on any atom is 1.00 e. The number of rotatable bonds is 1. The van der Waals surface area contributed by atoms with Crippen molar-refractivity contribution >= 4 is 15.8 Å². The summed E-state index contributed by atoms with van der Waals surface area (Å²) >= 11 is 0. The van der Waals surface area contributed by atoms with Gasteiger partial charge in [0.25, 0.3) is 0 Å². The van der Waals surface area contributed by atoms with Crippen LogP contribution in [0.25, 0.3) is 0 Å². The monoisotopic (exact) mass is 344 g/mol. The van der Waals surface area contributed by atoms with Crippen molar-refractivity contribution in [2.75, 3.05) is 0 Å². The smallest absolute Gasteiger partial charge is 0.745 e. The molecule has 2 rings (SSSR count).